The molecule has 0 radical (unpaired) electrons. The van der Waals surface area contributed by atoms with E-state index < -0.39 is 0 Å². The van der Waals surface area contributed by atoms with Crippen LogP contribution in [0, 0.1) is 0 Å². The summed E-state index contributed by atoms with van der Waals surface area (Å²) in [7, 11) is 0. The van der Waals surface area contributed by atoms with Crippen molar-refractivity contribution in [3.63, 3.8) is 0 Å². The Balaban J connectivity index is 2.13. The van der Waals surface area contributed by atoms with E-state index in [4.69, 9.17) is 5.73 Å². The molecular formula is C16H26N2. The van der Waals surface area contributed by atoms with Gasteiger partial charge in [-0.2, -0.15) is 0 Å². The highest BCUT2D eigenvalue weighted by atomic mass is 15.2. The Morgan fingerprint density at radius 1 is 1.28 bits per heavy atom. The quantitative estimate of drug-likeness (QED) is 0.883. The molecule has 2 N–H and O–H groups in total. The molecule has 0 saturated carbocycles. The largest absolute Gasteiger partial charge is 0.323 e. The number of hydrogen-bond acceptors (Lipinski definition) is 2. The van der Waals surface area contributed by atoms with E-state index in [1.807, 2.05) is 6.07 Å². The molecule has 1 aliphatic rings. The summed E-state index contributed by atoms with van der Waals surface area (Å²) >= 11 is 0. The minimum Gasteiger partial charge on any atom is -0.323 e. The van der Waals surface area contributed by atoms with Crippen LogP contribution in [-0.2, 0) is 0 Å². The summed E-state index contributed by atoms with van der Waals surface area (Å²) in [6.45, 7) is 6.91. The van der Waals surface area contributed by atoms with Gasteiger partial charge in [0.1, 0.15) is 0 Å². The number of rotatable bonds is 4. The van der Waals surface area contributed by atoms with Gasteiger partial charge in [-0.05, 0) is 38.7 Å². The van der Waals surface area contributed by atoms with Crippen molar-refractivity contribution in [3.05, 3.63) is 35.9 Å². The third-order valence-corrected chi connectivity index (χ3v) is 4.49. The van der Waals surface area contributed by atoms with Crippen LogP contribution in [0.1, 0.15) is 51.6 Å². The van der Waals surface area contributed by atoms with E-state index in [1.54, 1.807) is 0 Å². The number of nitrogens with two attached hydrogens (primary N) is 1. The average Bonchev–Trinajstić information content (AvgIpc) is 2.79. The fourth-order valence-corrected chi connectivity index (χ4v) is 3.38. The Bertz CT molecular complexity index is 363. The van der Waals surface area contributed by atoms with Crippen molar-refractivity contribution in [1.29, 1.82) is 0 Å². The lowest BCUT2D eigenvalue weighted by Gasteiger charge is -2.37. The van der Waals surface area contributed by atoms with E-state index in [0.717, 1.165) is 0 Å². The maximum Gasteiger partial charge on any atom is 0.0450 e. The van der Waals surface area contributed by atoms with Crippen LogP contribution >= 0.6 is 0 Å². The molecule has 18 heavy (non-hydrogen) atoms. The zero-order valence-electron chi connectivity index (χ0n) is 11.8. The summed E-state index contributed by atoms with van der Waals surface area (Å²) in [5.41, 5.74) is 7.70. The number of likely N-dealkylation sites (tertiary alicyclic amines) is 1. The smallest absolute Gasteiger partial charge is 0.0450 e. The van der Waals surface area contributed by atoms with Crippen molar-refractivity contribution >= 4 is 0 Å². The lowest BCUT2D eigenvalue weighted by molar-refractivity contribution is 0.124. The predicted molar refractivity (Wildman–Crippen MR) is 77.4 cm³/mol. The van der Waals surface area contributed by atoms with E-state index in [-0.39, 0.29) is 6.04 Å². The van der Waals surface area contributed by atoms with Crippen molar-refractivity contribution in [2.24, 2.45) is 5.73 Å². The van der Waals surface area contributed by atoms with E-state index in [9.17, 15) is 0 Å². The van der Waals surface area contributed by atoms with E-state index in [0.29, 0.717) is 18.1 Å². The Hall–Kier alpha value is -0.860. The molecule has 0 aromatic heterocycles. The monoisotopic (exact) mass is 246 g/mol. The first kappa shape index (κ1) is 13.6. The van der Waals surface area contributed by atoms with Crippen molar-refractivity contribution in [2.75, 3.05) is 0 Å². The van der Waals surface area contributed by atoms with Gasteiger partial charge in [0.25, 0.3) is 0 Å². The van der Waals surface area contributed by atoms with Crippen LogP contribution < -0.4 is 5.73 Å². The molecule has 100 valence electrons. The second-order valence-corrected chi connectivity index (χ2v) is 5.61. The number of hydrogen-bond donors (Lipinski definition) is 1. The predicted octanol–water partition coefficient (Wildman–Crippen LogP) is 3.34. The lowest BCUT2D eigenvalue weighted by Crippen LogP contribution is -2.46. The Morgan fingerprint density at radius 2 is 1.94 bits per heavy atom. The Morgan fingerprint density at radius 3 is 2.56 bits per heavy atom. The van der Waals surface area contributed by atoms with E-state index in [1.165, 1.54) is 24.8 Å². The molecule has 2 rings (SSSR count). The van der Waals surface area contributed by atoms with Gasteiger partial charge in [-0.3, -0.25) is 4.90 Å². The molecule has 0 spiro atoms. The molecule has 0 bridgehead atoms. The molecule has 1 fully saturated rings. The van der Waals surface area contributed by atoms with Crippen LogP contribution in [0.25, 0.3) is 0 Å². The van der Waals surface area contributed by atoms with Crippen LogP contribution in [0.3, 0.4) is 0 Å². The number of benzene rings is 1. The normalized spacial score (nSPS) is 28.2. The van der Waals surface area contributed by atoms with Crippen LogP contribution in [0.15, 0.2) is 30.3 Å². The molecule has 0 aliphatic carbocycles. The molecule has 2 heteroatoms. The summed E-state index contributed by atoms with van der Waals surface area (Å²) in [4.78, 5) is 2.64. The van der Waals surface area contributed by atoms with E-state index >= 15 is 0 Å². The highest BCUT2D eigenvalue weighted by Crippen LogP contribution is 2.32. The third kappa shape index (κ3) is 2.60. The third-order valence-electron chi connectivity index (χ3n) is 4.49. The summed E-state index contributed by atoms with van der Waals surface area (Å²) < 4.78 is 0. The molecule has 1 saturated heterocycles. The standard InChI is InChI=1S/C16H26N2/c1-4-15-11-10-12(2)18(15)13(3)16(17)14-8-6-5-7-9-14/h5-9,12-13,15-16H,4,10-11,17H2,1-3H3. The Kier molecular flexibility index (Phi) is 4.41. The lowest BCUT2D eigenvalue weighted by atomic mass is 9.98. The van der Waals surface area contributed by atoms with Gasteiger partial charge in [-0.25, -0.2) is 0 Å². The SMILES string of the molecule is CCC1CCC(C)N1C(C)C(N)c1ccccc1. The first-order chi connectivity index (χ1) is 8.65. The molecule has 4 unspecified atom stereocenters. The van der Waals surface area contributed by atoms with Gasteiger partial charge in [-0.1, -0.05) is 37.3 Å². The van der Waals surface area contributed by atoms with Crippen molar-refractivity contribution in [3.8, 4) is 0 Å². The minimum atomic E-state index is 0.112. The highest BCUT2D eigenvalue weighted by Gasteiger charge is 2.35. The van der Waals surface area contributed by atoms with Crippen LogP contribution in [0.2, 0.25) is 0 Å². The summed E-state index contributed by atoms with van der Waals surface area (Å²) in [6, 6.07) is 12.4. The summed E-state index contributed by atoms with van der Waals surface area (Å²) in [6.07, 6.45) is 3.87. The second-order valence-electron chi connectivity index (χ2n) is 5.61. The average molecular weight is 246 g/mol. The fraction of sp³-hybridized carbons (Fsp3) is 0.625. The van der Waals surface area contributed by atoms with E-state index in [2.05, 4.69) is 49.9 Å². The molecule has 1 aliphatic heterocycles. The Labute approximate surface area is 111 Å². The van der Waals surface area contributed by atoms with Gasteiger partial charge < -0.3 is 5.73 Å². The van der Waals surface area contributed by atoms with Crippen LogP contribution in [-0.4, -0.2) is 23.0 Å². The van der Waals surface area contributed by atoms with Crippen molar-refractivity contribution < 1.29 is 0 Å². The maximum atomic E-state index is 6.46. The zero-order chi connectivity index (χ0) is 13.1. The summed E-state index contributed by atoms with van der Waals surface area (Å²) in [5, 5.41) is 0. The minimum absolute atomic E-state index is 0.112. The van der Waals surface area contributed by atoms with Crippen LogP contribution in [0.4, 0.5) is 0 Å². The molecule has 2 nitrogen and oxygen atoms in total. The van der Waals surface area contributed by atoms with Crippen LogP contribution in [0.5, 0.6) is 0 Å². The van der Waals surface area contributed by atoms with Gasteiger partial charge in [0, 0.05) is 24.2 Å². The van der Waals surface area contributed by atoms with Gasteiger partial charge in [0.05, 0.1) is 0 Å². The topological polar surface area (TPSA) is 29.3 Å². The zero-order valence-corrected chi connectivity index (χ0v) is 11.8. The van der Waals surface area contributed by atoms with Gasteiger partial charge >= 0.3 is 0 Å². The maximum absolute atomic E-state index is 6.46. The number of nitrogens with zero attached hydrogens (tertiary/aromatic N) is 1. The van der Waals surface area contributed by atoms with Crippen molar-refractivity contribution in [2.45, 2.75) is 64.2 Å². The molecule has 1 heterocycles. The first-order valence-corrected chi connectivity index (χ1v) is 7.23. The molecular weight excluding hydrogens is 220 g/mol. The van der Waals surface area contributed by atoms with Crippen molar-refractivity contribution in [1.82, 2.24) is 4.90 Å². The molecule has 0 amide bonds. The summed E-state index contributed by atoms with van der Waals surface area (Å²) in [5.74, 6) is 0. The van der Waals surface area contributed by atoms with Gasteiger partial charge in [0.2, 0.25) is 0 Å². The fourth-order valence-electron chi connectivity index (χ4n) is 3.38. The second kappa shape index (κ2) is 5.85. The van der Waals surface area contributed by atoms with Gasteiger partial charge in [-0.15, -0.1) is 0 Å². The van der Waals surface area contributed by atoms with Gasteiger partial charge in [0.15, 0.2) is 0 Å². The first-order valence-electron chi connectivity index (χ1n) is 7.23. The molecule has 1 aromatic rings. The molecule has 4 atom stereocenters. The molecule has 1 aromatic carbocycles. The highest BCUT2D eigenvalue weighted by molar-refractivity contribution is 5.20.